The van der Waals surface area contributed by atoms with Crippen LogP contribution in [-0.4, -0.2) is 32.8 Å². The third kappa shape index (κ3) is 3.71. The van der Waals surface area contributed by atoms with Gasteiger partial charge < -0.3 is 9.15 Å². The average molecular weight is 418 g/mol. The molecule has 160 valence electrons. The fourth-order valence-electron chi connectivity index (χ4n) is 5.03. The number of nitrogens with zero attached hydrogens (tertiary/aromatic N) is 3. The molecule has 1 aliphatic heterocycles. The lowest BCUT2D eigenvalue weighted by Crippen LogP contribution is -2.42. The van der Waals surface area contributed by atoms with Gasteiger partial charge in [-0.3, -0.25) is 4.90 Å². The number of hydrogen-bond acceptors (Lipinski definition) is 5. The van der Waals surface area contributed by atoms with Gasteiger partial charge in [0.15, 0.2) is 0 Å². The Hall–Kier alpha value is -3.15. The van der Waals surface area contributed by atoms with Crippen LogP contribution >= 0.6 is 0 Å². The zero-order valence-corrected chi connectivity index (χ0v) is 17.9. The van der Waals surface area contributed by atoms with Crippen LogP contribution in [0.4, 0.5) is 4.79 Å². The fraction of sp³-hybridized carbons (Fsp3) is 0.400. The van der Waals surface area contributed by atoms with Crippen LogP contribution in [0.2, 0.25) is 0 Å². The van der Waals surface area contributed by atoms with E-state index < -0.39 is 5.60 Å². The number of cyclic esters (lactones) is 1. The first-order valence-electron chi connectivity index (χ1n) is 11.0. The summed E-state index contributed by atoms with van der Waals surface area (Å²) in [5, 5.41) is 8.56. The molecule has 1 aromatic heterocycles. The number of benzene rings is 2. The summed E-state index contributed by atoms with van der Waals surface area (Å²) < 4.78 is 11.8. The van der Waals surface area contributed by atoms with Crippen molar-refractivity contribution >= 4 is 6.09 Å². The summed E-state index contributed by atoms with van der Waals surface area (Å²) >= 11 is 0. The molecule has 1 saturated carbocycles. The number of rotatable bonds is 4. The Balaban J connectivity index is 1.31. The monoisotopic (exact) mass is 417 g/mol. The van der Waals surface area contributed by atoms with E-state index in [2.05, 4.69) is 22.3 Å². The van der Waals surface area contributed by atoms with Crippen molar-refractivity contribution in [2.75, 3.05) is 0 Å². The Morgan fingerprint density at radius 2 is 1.55 bits per heavy atom. The highest BCUT2D eigenvalue weighted by molar-refractivity contribution is 5.72. The Bertz CT molecular complexity index is 1040. The Kier molecular flexibility index (Phi) is 5.00. The highest BCUT2D eigenvalue weighted by atomic mass is 16.6. The highest BCUT2D eigenvalue weighted by Crippen LogP contribution is 2.46. The SMILES string of the molecule is CC1(C)OC(=O)N([C@H]2CC[C@H](c3nnc(-c4ccccc4)o3)CC2)[C@H]1c1ccccc1. The topological polar surface area (TPSA) is 68.5 Å². The van der Waals surface area contributed by atoms with E-state index in [0.717, 1.165) is 36.8 Å². The number of aromatic nitrogens is 2. The number of carbonyl (C=O) groups is 1. The van der Waals surface area contributed by atoms with Crippen molar-refractivity contribution < 1.29 is 13.9 Å². The van der Waals surface area contributed by atoms with Crippen molar-refractivity contribution in [2.45, 2.75) is 63.1 Å². The number of hydrogen-bond donors (Lipinski definition) is 0. The lowest BCUT2D eigenvalue weighted by molar-refractivity contribution is 0.0663. The Morgan fingerprint density at radius 3 is 2.23 bits per heavy atom. The molecule has 0 spiro atoms. The summed E-state index contributed by atoms with van der Waals surface area (Å²) in [6.45, 7) is 4.00. The van der Waals surface area contributed by atoms with Gasteiger partial charge in [0.05, 0.1) is 6.04 Å². The summed E-state index contributed by atoms with van der Waals surface area (Å²) in [6, 6.07) is 20.1. The molecule has 3 aromatic rings. The van der Waals surface area contributed by atoms with E-state index in [4.69, 9.17) is 9.15 Å². The van der Waals surface area contributed by atoms with Crippen molar-refractivity contribution in [3.63, 3.8) is 0 Å². The maximum atomic E-state index is 12.8. The van der Waals surface area contributed by atoms with E-state index in [1.165, 1.54) is 0 Å². The fourth-order valence-corrected chi connectivity index (χ4v) is 5.03. The molecule has 0 bridgehead atoms. The van der Waals surface area contributed by atoms with Crippen LogP contribution in [0.1, 0.15) is 62.9 Å². The van der Waals surface area contributed by atoms with Crippen LogP contribution in [0.15, 0.2) is 65.1 Å². The molecule has 1 aliphatic carbocycles. The molecule has 2 heterocycles. The van der Waals surface area contributed by atoms with Gasteiger partial charge >= 0.3 is 6.09 Å². The highest BCUT2D eigenvalue weighted by Gasteiger charge is 2.51. The zero-order chi connectivity index (χ0) is 21.4. The summed E-state index contributed by atoms with van der Waals surface area (Å²) in [5.41, 5.74) is 1.49. The molecule has 0 N–H and O–H groups in total. The Morgan fingerprint density at radius 1 is 0.903 bits per heavy atom. The molecular weight excluding hydrogens is 390 g/mol. The predicted octanol–water partition coefficient (Wildman–Crippen LogP) is 5.73. The number of amides is 1. The molecule has 2 fully saturated rings. The predicted molar refractivity (Wildman–Crippen MR) is 116 cm³/mol. The molecule has 5 rings (SSSR count). The molecular formula is C25H27N3O3. The number of ether oxygens (including phenoxy) is 1. The van der Waals surface area contributed by atoms with Gasteiger partial charge in [-0.25, -0.2) is 4.79 Å². The molecule has 2 aliphatic rings. The first-order valence-corrected chi connectivity index (χ1v) is 11.0. The van der Waals surface area contributed by atoms with E-state index in [1.807, 2.05) is 67.3 Å². The zero-order valence-electron chi connectivity index (χ0n) is 17.9. The molecule has 1 saturated heterocycles. The van der Waals surface area contributed by atoms with Crippen LogP contribution in [0, 0.1) is 0 Å². The van der Waals surface area contributed by atoms with E-state index in [1.54, 1.807) is 0 Å². The van der Waals surface area contributed by atoms with Gasteiger partial charge in [0.25, 0.3) is 0 Å². The molecule has 1 amide bonds. The summed E-state index contributed by atoms with van der Waals surface area (Å²) in [4.78, 5) is 14.8. The minimum Gasteiger partial charge on any atom is -0.441 e. The van der Waals surface area contributed by atoms with Gasteiger partial charge in [-0.05, 0) is 57.2 Å². The standard InChI is InChI=1S/C25H27N3O3/c1-25(2)21(17-9-5-3-6-10-17)28(24(29)31-25)20-15-13-19(14-16-20)23-27-26-22(30-23)18-11-7-4-8-12-18/h3-12,19-21H,13-16H2,1-2H3/t19-,20-,21-/m0/s1. The van der Waals surface area contributed by atoms with Crippen molar-refractivity contribution in [1.82, 2.24) is 15.1 Å². The molecule has 0 unspecified atom stereocenters. The quantitative estimate of drug-likeness (QED) is 0.542. The molecule has 0 radical (unpaired) electrons. The lowest BCUT2D eigenvalue weighted by atomic mass is 9.83. The first-order chi connectivity index (χ1) is 15.0. The van der Waals surface area contributed by atoms with E-state index in [0.29, 0.717) is 11.8 Å². The van der Waals surface area contributed by atoms with Gasteiger partial charge in [0.2, 0.25) is 11.8 Å². The van der Waals surface area contributed by atoms with Crippen molar-refractivity contribution in [1.29, 1.82) is 0 Å². The molecule has 2 aromatic carbocycles. The van der Waals surface area contributed by atoms with Crippen molar-refractivity contribution in [3.05, 3.63) is 72.1 Å². The molecule has 31 heavy (non-hydrogen) atoms. The molecule has 6 nitrogen and oxygen atoms in total. The summed E-state index contributed by atoms with van der Waals surface area (Å²) in [5.74, 6) is 1.48. The minimum absolute atomic E-state index is 0.0872. The van der Waals surface area contributed by atoms with E-state index in [-0.39, 0.29) is 24.1 Å². The average Bonchev–Trinajstić information content (AvgIpc) is 3.37. The molecule has 1 atom stereocenters. The van der Waals surface area contributed by atoms with Crippen LogP contribution in [0.5, 0.6) is 0 Å². The van der Waals surface area contributed by atoms with Crippen LogP contribution in [0.25, 0.3) is 11.5 Å². The maximum absolute atomic E-state index is 12.8. The second-order valence-electron chi connectivity index (χ2n) is 9.01. The van der Waals surface area contributed by atoms with E-state index in [9.17, 15) is 4.79 Å². The smallest absolute Gasteiger partial charge is 0.411 e. The summed E-state index contributed by atoms with van der Waals surface area (Å²) in [6.07, 6.45) is 3.39. The largest absolute Gasteiger partial charge is 0.441 e. The minimum atomic E-state index is -0.563. The van der Waals surface area contributed by atoms with Crippen molar-refractivity contribution in [2.24, 2.45) is 0 Å². The Labute approximate surface area is 182 Å². The second-order valence-corrected chi connectivity index (χ2v) is 9.01. The van der Waals surface area contributed by atoms with Crippen LogP contribution in [-0.2, 0) is 4.74 Å². The van der Waals surface area contributed by atoms with Crippen LogP contribution < -0.4 is 0 Å². The van der Waals surface area contributed by atoms with Gasteiger partial charge in [-0.2, -0.15) is 0 Å². The third-order valence-electron chi connectivity index (χ3n) is 6.51. The normalized spacial score (nSPS) is 25.4. The van der Waals surface area contributed by atoms with Gasteiger partial charge in [-0.1, -0.05) is 48.5 Å². The second kappa shape index (κ2) is 7.84. The van der Waals surface area contributed by atoms with E-state index >= 15 is 0 Å². The summed E-state index contributed by atoms with van der Waals surface area (Å²) in [7, 11) is 0. The third-order valence-corrected chi connectivity index (χ3v) is 6.51. The lowest BCUT2D eigenvalue weighted by Gasteiger charge is -2.37. The molecule has 6 heteroatoms. The van der Waals surface area contributed by atoms with Crippen LogP contribution in [0.3, 0.4) is 0 Å². The first kappa shape index (κ1) is 19.8. The van der Waals surface area contributed by atoms with Gasteiger partial charge in [0.1, 0.15) is 5.60 Å². The number of carbonyl (C=O) groups excluding carboxylic acids is 1. The van der Waals surface area contributed by atoms with Gasteiger partial charge in [0, 0.05) is 17.5 Å². The van der Waals surface area contributed by atoms with Crippen molar-refractivity contribution in [3.8, 4) is 11.5 Å². The van der Waals surface area contributed by atoms with Gasteiger partial charge in [-0.15, -0.1) is 10.2 Å². The maximum Gasteiger partial charge on any atom is 0.411 e.